The molecule has 1 aliphatic heterocycles. The number of nitrogens with one attached hydrogen (secondary N) is 2. The minimum absolute atomic E-state index is 0.0205. The van der Waals surface area contributed by atoms with Crippen LogP contribution in [0.2, 0.25) is 0 Å². The van der Waals surface area contributed by atoms with Crippen LogP contribution in [0.15, 0.2) is 102 Å². The molecule has 3 aromatic rings. The molecule has 12 nitrogen and oxygen atoms in total. The highest BCUT2D eigenvalue weighted by molar-refractivity contribution is 8.76. The van der Waals surface area contributed by atoms with E-state index in [2.05, 4.69) is 104 Å². The van der Waals surface area contributed by atoms with Gasteiger partial charge in [-0.2, -0.15) is 4.58 Å². The Morgan fingerprint density at radius 2 is 1.39 bits per heavy atom. The predicted molar refractivity (Wildman–Crippen MR) is 278 cm³/mol. The van der Waals surface area contributed by atoms with E-state index in [1.807, 2.05) is 72.6 Å². The van der Waals surface area contributed by atoms with E-state index in [0.717, 1.165) is 69.5 Å². The fraction of sp³-hybridized carbons (Fsp3) is 0.453. The first-order chi connectivity index (χ1) is 32.2. The molecule has 14 heteroatoms. The SMILES string of the molecule is C[NH2+]c1ccc(C(=O)NCCSSCCNC(=O)c2ccc3c(c2)C(C)(C)C(/C=C/c2ccc(N(CCO)CCO)cc2)=[N+]3C)cc1C(C)(C)C/C=C/C1=CC=C(N(CCO)CCO)CC1C. The summed E-state index contributed by atoms with van der Waals surface area (Å²) >= 11 is 0. The Bertz CT molecular complexity index is 2290. The van der Waals surface area contributed by atoms with E-state index in [-0.39, 0.29) is 49.1 Å². The highest BCUT2D eigenvalue weighted by atomic mass is 33.1. The molecule has 0 radical (unpaired) electrons. The lowest BCUT2D eigenvalue weighted by Crippen LogP contribution is -2.73. The third kappa shape index (κ3) is 14.2. The minimum Gasteiger partial charge on any atom is -0.395 e. The second-order valence-corrected chi connectivity index (χ2v) is 21.0. The molecule has 0 aromatic heterocycles. The van der Waals surface area contributed by atoms with Gasteiger partial charge in [0.15, 0.2) is 5.71 Å². The van der Waals surface area contributed by atoms with Crippen LogP contribution in [0.5, 0.6) is 0 Å². The lowest BCUT2D eigenvalue weighted by Gasteiger charge is -2.30. The number of nitrogens with zero attached hydrogens (tertiary/aromatic N) is 3. The second-order valence-electron chi connectivity index (χ2n) is 18.3. The molecule has 0 bridgehead atoms. The number of rotatable bonds is 26. The summed E-state index contributed by atoms with van der Waals surface area (Å²) in [6, 6.07) is 20.0. The Morgan fingerprint density at radius 1 is 0.806 bits per heavy atom. The summed E-state index contributed by atoms with van der Waals surface area (Å²) in [6.45, 7) is 14.2. The number of quaternary nitrogens is 1. The number of carbonyl (C=O) groups is 2. The van der Waals surface area contributed by atoms with Crippen LogP contribution in [0.25, 0.3) is 6.08 Å². The molecule has 1 atom stereocenters. The number of aliphatic hydroxyl groups excluding tert-OH is 4. The van der Waals surface area contributed by atoms with E-state index in [9.17, 15) is 30.0 Å². The summed E-state index contributed by atoms with van der Waals surface area (Å²) in [6.07, 6.45) is 14.6. The van der Waals surface area contributed by atoms with Gasteiger partial charge in [-0.3, -0.25) is 9.59 Å². The van der Waals surface area contributed by atoms with Crippen molar-refractivity contribution in [2.75, 3.05) is 96.2 Å². The lowest BCUT2D eigenvalue weighted by atomic mass is 9.79. The van der Waals surface area contributed by atoms with Gasteiger partial charge in [-0.25, -0.2) is 0 Å². The van der Waals surface area contributed by atoms with Crippen molar-refractivity contribution in [1.29, 1.82) is 0 Å². The molecule has 1 unspecified atom stereocenters. The molecule has 2 amide bonds. The summed E-state index contributed by atoms with van der Waals surface area (Å²) in [4.78, 5) is 30.6. The van der Waals surface area contributed by atoms with E-state index in [1.54, 1.807) is 21.6 Å². The Kier molecular flexibility index (Phi) is 20.4. The number of carbonyl (C=O) groups excluding carboxylic acids is 2. The number of hydrogen-bond donors (Lipinski definition) is 7. The van der Waals surface area contributed by atoms with Crippen LogP contribution in [0.4, 0.5) is 17.1 Å². The number of anilines is 1. The highest BCUT2D eigenvalue weighted by Crippen LogP contribution is 2.40. The van der Waals surface area contributed by atoms with E-state index >= 15 is 0 Å². The van der Waals surface area contributed by atoms with Crippen LogP contribution < -0.4 is 20.9 Å². The Morgan fingerprint density at radius 3 is 1.97 bits per heavy atom. The zero-order valence-electron chi connectivity index (χ0n) is 40.6. The maximum atomic E-state index is 13.3. The average molecular weight is 955 g/mol. The number of allylic oxidation sites excluding steroid dienone is 7. The van der Waals surface area contributed by atoms with Crippen LogP contribution >= 0.6 is 21.6 Å². The first-order valence-electron chi connectivity index (χ1n) is 23.5. The number of amides is 2. The summed E-state index contributed by atoms with van der Waals surface area (Å²) < 4.78 is 2.18. The normalized spacial score (nSPS) is 15.8. The maximum Gasteiger partial charge on any atom is 0.251 e. The zero-order valence-corrected chi connectivity index (χ0v) is 42.2. The Balaban J connectivity index is 1.05. The smallest absolute Gasteiger partial charge is 0.251 e. The summed E-state index contributed by atoms with van der Waals surface area (Å²) in [5.74, 6) is 1.59. The monoisotopic (exact) mass is 955 g/mol. The van der Waals surface area contributed by atoms with Crippen molar-refractivity contribution in [3.63, 3.8) is 0 Å². The molecule has 1 heterocycles. The summed E-state index contributed by atoms with van der Waals surface area (Å²) in [5.41, 5.74) is 10.7. The highest BCUT2D eigenvalue weighted by Gasteiger charge is 2.43. The number of nitrogens with two attached hydrogens (primary N) is 1. The largest absolute Gasteiger partial charge is 0.395 e. The van der Waals surface area contributed by atoms with Gasteiger partial charge in [0.25, 0.3) is 11.8 Å². The first kappa shape index (κ1) is 53.3. The van der Waals surface area contributed by atoms with E-state index in [0.29, 0.717) is 56.3 Å². The third-order valence-corrected chi connectivity index (χ3v) is 15.2. The molecule has 67 heavy (non-hydrogen) atoms. The molecular weight excluding hydrogens is 881 g/mol. The van der Waals surface area contributed by atoms with Crippen molar-refractivity contribution in [3.8, 4) is 0 Å². The molecule has 0 saturated carbocycles. The minimum atomic E-state index is -0.323. The van der Waals surface area contributed by atoms with Crippen LogP contribution in [-0.2, 0) is 10.8 Å². The Labute approximate surface area is 406 Å². The molecule has 8 N–H and O–H groups in total. The topological polar surface area (TPSA) is 165 Å². The maximum absolute atomic E-state index is 13.3. The van der Waals surface area contributed by atoms with Crippen molar-refractivity contribution >= 4 is 62.3 Å². The van der Waals surface area contributed by atoms with Gasteiger partial charge in [-0.05, 0) is 97.7 Å². The van der Waals surface area contributed by atoms with Gasteiger partial charge >= 0.3 is 0 Å². The fourth-order valence-corrected chi connectivity index (χ4v) is 10.7. The molecule has 0 spiro atoms. The van der Waals surface area contributed by atoms with E-state index in [1.165, 1.54) is 5.57 Å². The van der Waals surface area contributed by atoms with E-state index in [4.69, 9.17) is 0 Å². The number of hydrogen-bond acceptors (Lipinski definition) is 10. The average Bonchev–Trinajstić information content (AvgIpc) is 3.51. The number of benzene rings is 3. The lowest BCUT2D eigenvalue weighted by molar-refractivity contribution is -0.540. The Hall–Kier alpha value is -4.67. The molecular formula is C53H74N6O6S2+2. The van der Waals surface area contributed by atoms with Gasteiger partial charge in [-0.1, -0.05) is 72.7 Å². The standard InChI is InChI=1S/C53H72N6O6S2/c1-38-35-44(59(27-31-62)28-32-63)18-13-40(38)9-8-22-52(2,3)45-36-41(14-19-47(45)54-6)50(64)55-23-33-66-67-34-24-56-51(65)42-15-20-48-46(37-42)53(4,5)49(57(48)7)21-12-39-10-16-43(17-11-39)58(25-29-60)26-30-61/h8-21,36-38,60-63H,22-35H2,1-7H3,(H2-,54,55,56,64,65)/p+2/b9-8+. The van der Waals surface area contributed by atoms with Crippen molar-refractivity contribution in [1.82, 2.24) is 15.5 Å². The molecule has 3 aromatic carbocycles. The first-order valence-corrected chi connectivity index (χ1v) is 26.0. The fourth-order valence-electron chi connectivity index (χ4n) is 8.88. The van der Waals surface area contributed by atoms with Crippen molar-refractivity contribution in [2.24, 2.45) is 5.92 Å². The van der Waals surface area contributed by atoms with Gasteiger partial charge in [0.2, 0.25) is 5.69 Å². The molecule has 0 fully saturated rings. The predicted octanol–water partition coefficient (Wildman–Crippen LogP) is 5.92. The van der Waals surface area contributed by atoms with Gasteiger partial charge in [0.05, 0.1) is 38.9 Å². The third-order valence-electron chi connectivity index (χ3n) is 12.7. The van der Waals surface area contributed by atoms with Crippen LogP contribution in [0.3, 0.4) is 0 Å². The van der Waals surface area contributed by atoms with Crippen LogP contribution in [0, 0.1) is 5.92 Å². The molecule has 5 rings (SSSR count). The quantitative estimate of drug-likeness (QED) is 0.0222. The second kappa shape index (κ2) is 25.6. The molecule has 2 aliphatic rings. The van der Waals surface area contributed by atoms with Gasteiger partial charge in [0, 0.05) is 103 Å². The van der Waals surface area contributed by atoms with Crippen molar-refractivity contribution < 1.29 is 39.9 Å². The number of fused-ring (bicyclic) bond motifs is 1. The van der Waals surface area contributed by atoms with Crippen LogP contribution in [-0.4, -0.2) is 139 Å². The van der Waals surface area contributed by atoms with Crippen molar-refractivity contribution in [2.45, 2.75) is 58.3 Å². The molecule has 362 valence electrons. The van der Waals surface area contributed by atoms with E-state index < -0.39 is 0 Å². The van der Waals surface area contributed by atoms with Crippen LogP contribution in [0.1, 0.15) is 84.9 Å². The van der Waals surface area contributed by atoms with Gasteiger partial charge < -0.3 is 46.2 Å². The molecule has 1 aliphatic carbocycles. The van der Waals surface area contributed by atoms with Gasteiger partial charge in [-0.15, -0.1) is 0 Å². The van der Waals surface area contributed by atoms with Gasteiger partial charge in [0.1, 0.15) is 12.7 Å². The molecule has 0 saturated heterocycles. The zero-order chi connectivity index (χ0) is 48.6. The summed E-state index contributed by atoms with van der Waals surface area (Å²) in [5, 5.41) is 46.0. The van der Waals surface area contributed by atoms with Crippen molar-refractivity contribution in [3.05, 3.63) is 130 Å². The number of aliphatic hydroxyl groups is 4. The summed E-state index contributed by atoms with van der Waals surface area (Å²) in [7, 11) is 7.44.